The lowest BCUT2D eigenvalue weighted by Gasteiger charge is -2.37. The molecule has 1 aromatic rings. The molecule has 0 spiro atoms. The first-order chi connectivity index (χ1) is 14.1. The second-order valence-corrected chi connectivity index (χ2v) is 9.71. The highest BCUT2D eigenvalue weighted by Crippen LogP contribution is 2.34. The van der Waals surface area contributed by atoms with E-state index >= 15 is 0 Å². The molecule has 7 nitrogen and oxygen atoms in total. The van der Waals surface area contributed by atoms with E-state index in [-0.39, 0.29) is 35.6 Å². The molecule has 0 saturated heterocycles. The molecular weight excluding hydrogens is 404 g/mol. The second-order valence-electron chi connectivity index (χ2n) is 7.85. The Balaban J connectivity index is 2.57. The molecule has 8 heteroatoms. The number of aliphatic hydroxyl groups is 1. The minimum atomic E-state index is -3.88. The van der Waals surface area contributed by atoms with E-state index in [0.29, 0.717) is 12.1 Å². The Kier molecular flexibility index (Phi) is 8.30. The van der Waals surface area contributed by atoms with Crippen molar-refractivity contribution in [1.29, 1.82) is 0 Å². The third-order valence-electron chi connectivity index (χ3n) is 5.27. The van der Waals surface area contributed by atoms with Crippen molar-refractivity contribution in [2.75, 3.05) is 26.7 Å². The number of ether oxygens (including phenoxy) is 1. The van der Waals surface area contributed by atoms with Crippen molar-refractivity contribution in [3.63, 3.8) is 0 Å². The Labute approximate surface area is 180 Å². The fourth-order valence-corrected chi connectivity index (χ4v) is 5.04. The van der Waals surface area contributed by atoms with Crippen LogP contribution in [0.4, 0.5) is 0 Å². The normalized spacial score (nSPS) is 21.8. The number of fused-ring (bicyclic) bond motifs is 1. The minimum Gasteiger partial charge on any atom is -0.487 e. The van der Waals surface area contributed by atoms with Gasteiger partial charge in [0.1, 0.15) is 16.7 Å². The van der Waals surface area contributed by atoms with E-state index in [0.717, 1.165) is 12.8 Å². The fourth-order valence-electron chi connectivity index (χ4n) is 3.21. The summed E-state index contributed by atoms with van der Waals surface area (Å²) in [6.45, 7) is 7.30. The number of hydrogen-bond donors (Lipinski definition) is 1. The van der Waals surface area contributed by atoms with E-state index in [1.807, 2.05) is 13.8 Å². The summed E-state index contributed by atoms with van der Waals surface area (Å²) in [7, 11) is -2.19. The summed E-state index contributed by atoms with van der Waals surface area (Å²) in [4.78, 5) is 13.4. The maximum atomic E-state index is 13.4. The van der Waals surface area contributed by atoms with E-state index < -0.39 is 22.2 Å². The molecule has 0 unspecified atom stereocenters. The molecule has 1 heterocycles. The molecule has 1 aromatic carbocycles. The van der Waals surface area contributed by atoms with Crippen molar-refractivity contribution in [1.82, 2.24) is 9.21 Å². The summed E-state index contributed by atoms with van der Waals surface area (Å²) in [6, 6.07) is 4.25. The highest BCUT2D eigenvalue weighted by Gasteiger charge is 2.38. The molecule has 1 amide bonds. The summed E-state index contributed by atoms with van der Waals surface area (Å²) in [6.07, 6.45) is 1.27. The van der Waals surface area contributed by atoms with Gasteiger partial charge in [-0.15, -0.1) is 0 Å². The van der Waals surface area contributed by atoms with Crippen LogP contribution in [-0.4, -0.2) is 67.5 Å². The van der Waals surface area contributed by atoms with Crippen molar-refractivity contribution < 1.29 is 23.1 Å². The molecule has 1 aliphatic rings. The van der Waals surface area contributed by atoms with Crippen LogP contribution in [0.5, 0.6) is 5.75 Å². The van der Waals surface area contributed by atoms with Crippen molar-refractivity contribution in [3.8, 4) is 17.6 Å². The predicted octanol–water partition coefficient (Wildman–Crippen LogP) is 2.09. The number of carbonyl (C=O) groups excluding carboxylic acids is 1. The van der Waals surface area contributed by atoms with Crippen molar-refractivity contribution >= 4 is 15.9 Å². The number of amides is 1. The average Bonchev–Trinajstić information content (AvgIpc) is 2.70. The first-order valence-corrected chi connectivity index (χ1v) is 11.7. The molecule has 0 radical (unpaired) electrons. The standard InChI is InChI=1S/C22H32N2O5S/c1-6-7-8-9-19-10-11-22-20(12-19)29-21(14-23(5)18(4)26)16(2)13-24(17(3)15-25)30(22,27)28/h10-12,16-17,21,25H,6-7,13-15H2,1-5H3/t16-,17-,21-/m0/s1. The van der Waals surface area contributed by atoms with Crippen LogP contribution in [0.3, 0.4) is 0 Å². The zero-order valence-corrected chi connectivity index (χ0v) is 19.2. The molecule has 0 aromatic heterocycles. The highest BCUT2D eigenvalue weighted by molar-refractivity contribution is 7.89. The molecule has 2 rings (SSSR count). The van der Waals surface area contributed by atoms with Crippen molar-refractivity contribution in [2.24, 2.45) is 5.92 Å². The highest BCUT2D eigenvalue weighted by atomic mass is 32.2. The van der Waals surface area contributed by atoms with Crippen LogP contribution in [0.2, 0.25) is 0 Å². The minimum absolute atomic E-state index is 0.0474. The second kappa shape index (κ2) is 10.3. The van der Waals surface area contributed by atoms with Crippen LogP contribution in [0.15, 0.2) is 23.1 Å². The quantitative estimate of drug-likeness (QED) is 0.714. The van der Waals surface area contributed by atoms with Crippen LogP contribution in [0.1, 0.15) is 46.1 Å². The monoisotopic (exact) mass is 436 g/mol. The van der Waals surface area contributed by atoms with Crippen LogP contribution in [-0.2, 0) is 14.8 Å². The molecule has 166 valence electrons. The van der Waals surface area contributed by atoms with Gasteiger partial charge in [-0.3, -0.25) is 4.79 Å². The van der Waals surface area contributed by atoms with Gasteiger partial charge in [0.2, 0.25) is 15.9 Å². The Morgan fingerprint density at radius 2 is 2.13 bits per heavy atom. The maximum Gasteiger partial charge on any atom is 0.247 e. The van der Waals surface area contributed by atoms with Crippen LogP contribution >= 0.6 is 0 Å². The summed E-state index contributed by atoms with van der Waals surface area (Å²) in [5.41, 5.74) is 0.672. The van der Waals surface area contributed by atoms with E-state index in [1.54, 1.807) is 31.0 Å². The number of nitrogens with zero attached hydrogens (tertiary/aromatic N) is 2. The van der Waals surface area contributed by atoms with Crippen molar-refractivity contribution in [3.05, 3.63) is 23.8 Å². The SMILES string of the molecule is CCCC#Cc1ccc2c(c1)O[C@@H](CN(C)C(C)=O)[C@@H](C)CN([C@@H](C)CO)S2(=O)=O. The summed E-state index contributed by atoms with van der Waals surface area (Å²) >= 11 is 0. The number of rotatable bonds is 5. The van der Waals surface area contributed by atoms with Crippen molar-refractivity contribution in [2.45, 2.75) is 57.6 Å². The number of likely N-dealkylation sites (N-methyl/N-ethyl adjacent to an activating group) is 1. The average molecular weight is 437 g/mol. The third kappa shape index (κ3) is 5.54. The largest absolute Gasteiger partial charge is 0.487 e. The lowest BCUT2D eigenvalue weighted by atomic mass is 10.0. The summed E-state index contributed by atoms with van der Waals surface area (Å²) in [5, 5.41) is 9.66. The first-order valence-electron chi connectivity index (χ1n) is 10.3. The predicted molar refractivity (Wildman–Crippen MR) is 116 cm³/mol. The van der Waals surface area contributed by atoms with Gasteiger partial charge in [-0.05, 0) is 31.5 Å². The van der Waals surface area contributed by atoms with Crippen LogP contribution in [0, 0.1) is 17.8 Å². The molecule has 0 fully saturated rings. The lowest BCUT2D eigenvalue weighted by molar-refractivity contribution is -0.129. The van der Waals surface area contributed by atoms with Gasteiger partial charge in [0.25, 0.3) is 0 Å². The van der Waals surface area contributed by atoms with Gasteiger partial charge in [0, 0.05) is 44.5 Å². The zero-order valence-electron chi connectivity index (χ0n) is 18.4. The lowest BCUT2D eigenvalue weighted by Crippen LogP contribution is -2.50. The number of unbranched alkanes of at least 4 members (excludes halogenated alkanes) is 1. The maximum absolute atomic E-state index is 13.4. The summed E-state index contributed by atoms with van der Waals surface area (Å²) in [5.74, 6) is 6.02. The molecular formula is C22H32N2O5S. The Morgan fingerprint density at radius 1 is 1.43 bits per heavy atom. The van der Waals surface area contributed by atoms with Crippen LogP contribution < -0.4 is 4.74 Å². The molecule has 30 heavy (non-hydrogen) atoms. The van der Waals surface area contributed by atoms with E-state index in [2.05, 4.69) is 11.8 Å². The van der Waals surface area contributed by atoms with Gasteiger partial charge < -0.3 is 14.7 Å². The Hall–Kier alpha value is -2.08. The molecule has 1 aliphatic heterocycles. The van der Waals surface area contributed by atoms with Crippen LogP contribution in [0.25, 0.3) is 0 Å². The fraction of sp³-hybridized carbons (Fsp3) is 0.591. The zero-order chi connectivity index (χ0) is 22.5. The van der Waals surface area contributed by atoms with E-state index in [1.165, 1.54) is 17.3 Å². The third-order valence-corrected chi connectivity index (χ3v) is 7.29. The number of aliphatic hydroxyl groups excluding tert-OH is 1. The molecule has 0 saturated carbocycles. The Bertz CT molecular complexity index is 919. The van der Waals surface area contributed by atoms with Gasteiger partial charge in [0.05, 0.1) is 13.2 Å². The number of carbonyl (C=O) groups is 1. The van der Waals surface area contributed by atoms with Gasteiger partial charge in [-0.2, -0.15) is 4.31 Å². The van der Waals surface area contributed by atoms with Gasteiger partial charge in [-0.1, -0.05) is 25.7 Å². The van der Waals surface area contributed by atoms with Gasteiger partial charge >= 0.3 is 0 Å². The number of sulfonamides is 1. The summed E-state index contributed by atoms with van der Waals surface area (Å²) < 4.78 is 34.2. The molecule has 0 aliphatic carbocycles. The number of hydrogen-bond acceptors (Lipinski definition) is 5. The number of benzene rings is 1. The topological polar surface area (TPSA) is 87.2 Å². The molecule has 0 bridgehead atoms. The first kappa shape index (κ1) is 24.2. The molecule has 3 atom stereocenters. The van der Waals surface area contributed by atoms with E-state index in [9.17, 15) is 18.3 Å². The smallest absolute Gasteiger partial charge is 0.247 e. The van der Waals surface area contributed by atoms with E-state index in [4.69, 9.17) is 4.74 Å². The van der Waals surface area contributed by atoms with Gasteiger partial charge in [-0.25, -0.2) is 8.42 Å². The Morgan fingerprint density at radius 3 is 2.73 bits per heavy atom. The van der Waals surface area contributed by atoms with Gasteiger partial charge in [0.15, 0.2) is 0 Å². The molecule has 1 N–H and O–H groups in total.